The summed E-state index contributed by atoms with van der Waals surface area (Å²) in [5.74, 6) is 1.09. The van der Waals surface area contributed by atoms with Gasteiger partial charge >= 0.3 is 6.03 Å². The number of ether oxygens (including phenoxy) is 1. The molecule has 0 spiro atoms. The van der Waals surface area contributed by atoms with Crippen LogP contribution < -0.4 is 10.1 Å². The van der Waals surface area contributed by atoms with E-state index in [4.69, 9.17) is 4.74 Å². The molecule has 2 aliphatic heterocycles. The number of nitrogens with zero attached hydrogens (tertiary/aromatic N) is 4. The molecule has 1 N–H and O–H groups in total. The van der Waals surface area contributed by atoms with Gasteiger partial charge in [-0.25, -0.2) is 14.8 Å². The summed E-state index contributed by atoms with van der Waals surface area (Å²) >= 11 is 0. The Bertz CT molecular complexity index is 844. The largest absolute Gasteiger partial charge is 0.497 e. The first kappa shape index (κ1) is 24.8. The summed E-state index contributed by atoms with van der Waals surface area (Å²) in [5, 5.41) is 6.23. The monoisotopic (exact) mass is 459 g/mol. The van der Waals surface area contributed by atoms with E-state index >= 15 is 0 Å². The van der Waals surface area contributed by atoms with Crippen molar-refractivity contribution >= 4 is 17.8 Å². The molecule has 0 aromatic heterocycles. The summed E-state index contributed by atoms with van der Waals surface area (Å²) in [6.45, 7) is 7.61. The highest BCUT2D eigenvalue weighted by Crippen LogP contribution is 2.28. The Morgan fingerprint density at radius 1 is 1.21 bits per heavy atom. The highest BCUT2D eigenvalue weighted by Gasteiger charge is 2.50. The number of hydrogen-bond acceptors (Lipinski definition) is 5. The molecule has 1 aromatic rings. The fraction of sp³-hybridized carbons (Fsp3) is 0.625. The zero-order valence-electron chi connectivity index (χ0n) is 20.4. The van der Waals surface area contributed by atoms with Gasteiger partial charge in [-0.2, -0.15) is 0 Å². The van der Waals surface area contributed by atoms with E-state index in [1.54, 1.807) is 29.1 Å². The van der Waals surface area contributed by atoms with Gasteiger partial charge in [-0.1, -0.05) is 39.3 Å². The van der Waals surface area contributed by atoms with E-state index in [9.17, 15) is 14.4 Å². The molecule has 3 rings (SSSR count). The number of methoxy groups -OCH3 is 1. The summed E-state index contributed by atoms with van der Waals surface area (Å²) in [6.07, 6.45) is 1.73. The third-order valence-electron chi connectivity index (χ3n) is 6.29. The Morgan fingerprint density at radius 2 is 1.91 bits per heavy atom. The molecule has 33 heavy (non-hydrogen) atoms. The molecular formula is C24H37N5O4. The minimum Gasteiger partial charge on any atom is -0.497 e. The second-order valence-corrected chi connectivity index (χ2v) is 9.22. The highest BCUT2D eigenvalue weighted by molar-refractivity contribution is 5.91. The van der Waals surface area contributed by atoms with Crippen molar-refractivity contribution < 1.29 is 19.1 Å². The van der Waals surface area contributed by atoms with Gasteiger partial charge in [0.05, 0.1) is 20.2 Å². The molecule has 0 saturated carbocycles. The van der Waals surface area contributed by atoms with Crippen LogP contribution in [0.25, 0.3) is 0 Å². The van der Waals surface area contributed by atoms with Gasteiger partial charge in [-0.15, -0.1) is 0 Å². The van der Waals surface area contributed by atoms with E-state index < -0.39 is 12.2 Å². The van der Waals surface area contributed by atoms with Crippen LogP contribution in [0.2, 0.25) is 0 Å². The summed E-state index contributed by atoms with van der Waals surface area (Å²) in [7, 11) is 3.35. The summed E-state index contributed by atoms with van der Waals surface area (Å²) in [6, 6.07) is 6.69. The molecule has 2 saturated heterocycles. The normalized spacial score (nSPS) is 21.5. The average molecular weight is 460 g/mol. The lowest BCUT2D eigenvalue weighted by Crippen LogP contribution is -2.76. The van der Waals surface area contributed by atoms with Gasteiger partial charge in [-0.05, 0) is 36.5 Å². The SMILES string of the molecule is CCC[C@H]1C(=O)N(CCC(C)C)C[C@H]2N1C(=O)CN(C)N2C(=O)NCc1ccc(OC)cc1. The van der Waals surface area contributed by atoms with Gasteiger partial charge in [-0.3, -0.25) is 9.59 Å². The van der Waals surface area contributed by atoms with Crippen LogP contribution in [0.15, 0.2) is 24.3 Å². The fourth-order valence-corrected chi connectivity index (χ4v) is 4.47. The third-order valence-corrected chi connectivity index (χ3v) is 6.29. The van der Waals surface area contributed by atoms with Gasteiger partial charge in [0.15, 0.2) is 0 Å². The quantitative estimate of drug-likeness (QED) is 0.645. The molecule has 1 aromatic carbocycles. The Kier molecular flexibility index (Phi) is 8.18. The maximum atomic E-state index is 13.3. The molecule has 2 aliphatic rings. The molecule has 0 unspecified atom stereocenters. The van der Waals surface area contributed by atoms with Crippen LogP contribution in [-0.2, 0) is 16.1 Å². The number of hydrazine groups is 1. The van der Waals surface area contributed by atoms with E-state index in [1.807, 2.05) is 36.1 Å². The van der Waals surface area contributed by atoms with Crippen molar-refractivity contribution in [2.45, 2.75) is 58.8 Å². The number of rotatable bonds is 8. The topological polar surface area (TPSA) is 85.4 Å². The number of hydrogen-bond donors (Lipinski definition) is 1. The zero-order chi connectivity index (χ0) is 24.1. The van der Waals surface area contributed by atoms with Crippen molar-refractivity contribution in [1.29, 1.82) is 0 Å². The summed E-state index contributed by atoms with van der Waals surface area (Å²) in [5.41, 5.74) is 0.943. The van der Waals surface area contributed by atoms with E-state index in [0.29, 0.717) is 32.0 Å². The molecule has 0 bridgehead atoms. The van der Waals surface area contributed by atoms with Gasteiger partial charge in [0.25, 0.3) is 0 Å². The van der Waals surface area contributed by atoms with Crippen molar-refractivity contribution in [3.63, 3.8) is 0 Å². The number of carbonyl (C=O) groups is 3. The number of nitrogens with one attached hydrogen (secondary N) is 1. The van der Waals surface area contributed by atoms with Crippen molar-refractivity contribution in [2.24, 2.45) is 5.92 Å². The molecule has 9 heteroatoms. The number of urea groups is 1. The Labute approximate surface area is 196 Å². The van der Waals surface area contributed by atoms with Crippen LogP contribution in [0.5, 0.6) is 5.75 Å². The fourth-order valence-electron chi connectivity index (χ4n) is 4.47. The molecular weight excluding hydrogens is 422 g/mol. The standard InChI is InChI=1S/C24H37N5O4/c1-6-7-20-23(31)27(13-12-17(2)3)15-21-28(20)22(30)16-26(4)29(21)24(32)25-14-18-8-10-19(33-5)11-9-18/h8-11,17,20-21H,6-7,12-16H2,1-5H3,(H,25,32)/t20-,21-/m0/s1. The maximum absolute atomic E-state index is 13.3. The predicted octanol–water partition coefficient (Wildman–Crippen LogP) is 2.28. The first-order valence-electron chi connectivity index (χ1n) is 11.8. The van der Waals surface area contributed by atoms with Crippen LogP contribution >= 0.6 is 0 Å². The lowest BCUT2D eigenvalue weighted by atomic mass is 10.0. The molecule has 9 nitrogen and oxygen atoms in total. The molecule has 2 atom stereocenters. The van der Waals surface area contributed by atoms with Crippen molar-refractivity contribution in [3.05, 3.63) is 29.8 Å². The maximum Gasteiger partial charge on any atom is 0.334 e. The number of fused-ring (bicyclic) bond motifs is 1. The molecule has 0 aliphatic carbocycles. The highest BCUT2D eigenvalue weighted by atomic mass is 16.5. The summed E-state index contributed by atoms with van der Waals surface area (Å²) < 4.78 is 5.18. The van der Waals surface area contributed by atoms with Gasteiger partial charge < -0.3 is 19.9 Å². The second-order valence-electron chi connectivity index (χ2n) is 9.22. The Hall–Kier alpha value is -2.81. The Morgan fingerprint density at radius 3 is 2.52 bits per heavy atom. The van der Waals surface area contributed by atoms with E-state index in [1.165, 1.54) is 0 Å². The molecule has 2 heterocycles. The molecule has 4 amide bonds. The lowest BCUT2D eigenvalue weighted by molar-refractivity contribution is -0.187. The van der Waals surface area contributed by atoms with Crippen LogP contribution in [0.1, 0.15) is 45.6 Å². The second kappa shape index (κ2) is 10.9. The van der Waals surface area contributed by atoms with Crippen molar-refractivity contribution in [2.75, 3.05) is 33.8 Å². The van der Waals surface area contributed by atoms with Crippen LogP contribution in [-0.4, -0.2) is 83.7 Å². The predicted molar refractivity (Wildman–Crippen MR) is 125 cm³/mol. The van der Waals surface area contributed by atoms with E-state index in [0.717, 1.165) is 24.2 Å². The molecule has 182 valence electrons. The number of likely N-dealkylation sites (N-methyl/N-ethyl adjacent to an activating group) is 1. The lowest BCUT2D eigenvalue weighted by Gasteiger charge is -2.54. The van der Waals surface area contributed by atoms with E-state index in [-0.39, 0.29) is 24.4 Å². The van der Waals surface area contributed by atoms with Gasteiger partial charge in [0.2, 0.25) is 11.8 Å². The number of piperazine rings is 1. The van der Waals surface area contributed by atoms with Crippen molar-refractivity contribution in [1.82, 2.24) is 25.1 Å². The number of amides is 4. The smallest absolute Gasteiger partial charge is 0.334 e. The minimum absolute atomic E-state index is 0.00903. The first-order chi connectivity index (χ1) is 15.8. The van der Waals surface area contributed by atoms with E-state index in [2.05, 4.69) is 19.2 Å². The zero-order valence-corrected chi connectivity index (χ0v) is 20.4. The number of carbonyl (C=O) groups excluding carboxylic acids is 3. The van der Waals surface area contributed by atoms with Crippen LogP contribution in [0.4, 0.5) is 4.79 Å². The van der Waals surface area contributed by atoms with Gasteiger partial charge in [0, 0.05) is 20.1 Å². The van der Waals surface area contributed by atoms with Gasteiger partial charge in [0.1, 0.15) is 18.0 Å². The van der Waals surface area contributed by atoms with Crippen molar-refractivity contribution in [3.8, 4) is 5.75 Å². The first-order valence-corrected chi connectivity index (χ1v) is 11.8. The van der Waals surface area contributed by atoms with Crippen LogP contribution in [0.3, 0.4) is 0 Å². The Balaban J connectivity index is 1.80. The third kappa shape index (κ3) is 5.58. The summed E-state index contributed by atoms with van der Waals surface area (Å²) in [4.78, 5) is 43.0. The number of benzene rings is 1. The molecule has 2 fully saturated rings. The molecule has 0 radical (unpaired) electrons. The van der Waals surface area contributed by atoms with Crippen LogP contribution in [0, 0.1) is 5.92 Å². The minimum atomic E-state index is -0.529. The average Bonchev–Trinajstić information content (AvgIpc) is 2.78.